The number of carbonyl (C=O) groups excluding carboxylic acids is 1. The Morgan fingerprint density at radius 1 is 1.26 bits per heavy atom. The van der Waals surface area contributed by atoms with Crippen LogP contribution in [0.25, 0.3) is 9.88 Å². The quantitative estimate of drug-likeness (QED) is 0.891. The third-order valence-corrected chi connectivity index (χ3v) is 6.69. The van der Waals surface area contributed by atoms with Crippen molar-refractivity contribution in [1.29, 1.82) is 0 Å². The summed E-state index contributed by atoms with van der Waals surface area (Å²) in [6, 6.07) is 4.90. The third kappa shape index (κ3) is 3.60. The number of likely N-dealkylation sites (tertiary alicyclic amines) is 1. The summed E-state index contributed by atoms with van der Waals surface area (Å²) in [7, 11) is 0. The largest absolute Gasteiger partial charge is 0.348 e. The second-order valence-corrected chi connectivity index (χ2v) is 8.73. The lowest BCUT2D eigenvalue weighted by molar-refractivity contribution is 0.0905. The average Bonchev–Trinajstić information content (AvgIpc) is 3.11. The predicted molar refractivity (Wildman–Crippen MR) is 95.5 cm³/mol. The first kappa shape index (κ1) is 15.6. The molecule has 0 atom stereocenters. The fourth-order valence-electron chi connectivity index (χ4n) is 3.03. The summed E-state index contributed by atoms with van der Waals surface area (Å²) in [4.78, 5) is 20.4. The highest BCUT2D eigenvalue weighted by atomic mass is 35.5. The van der Waals surface area contributed by atoms with Crippen molar-refractivity contribution in [3.05, 3.63) is 27.5 Å². The van der Waals surface area contributed by atoms with E-state index in [-0.39, 0.29) is 11.9 Å². The molecule has 1 aliphatic heterocycles. The van der Waals surface area contributed by atoms with Crippen molar-refractivity contribution in [3.63, 3.8) is 0 Å². The second-order valence-electron chi connectivity index (χ2n) is 6.16. The van der Waals surface area contributed by atoms with Crippen LogP contribution in [0.5, 0.6) is 0 Å². The summed E-state index contributed by atoms with van der Waals surface area (Å²) in [5, 5.41) is 5.83. The highest BCUT2D eigenvalue weighted by molar-refractivity contribution is 7.23. The number of rotatable bonds is 4. The van der Waals surface area contributed by atoms with Gasteiger partial charge >= 0.3 is 0 Å². The van der Waals surface area contributed by atoms with Crippen LogP contribution in [0.2, 0.25) is 4.34 Å². The number of amides is 1. The summed E-state index contributed by atoms with van der Waals surface area (Å²) < 4.78 is 0.739. The molecule has 1 aliphatic carbocycles. The Morgan fingerprint density at radius 2 is 2.04 bits per heavy atom. The first-order valence-corrected chi connectivity index (χ1v) is 10.0. The first-order chi connectivity index (χ1) is 11.2. The molecule has 7 heteroatoms. The van der Waals surface area contributed by atoms with Crippen molar-refractivity contribution in [2.75, 3.05) is 13.1 Å². The minimum atomic E-state index is -0.0555. The molecule has 4 nitrogen and oxygen atoms in total. The average molecular weight is 368 g/mol. The molecule has 1 saturated heterocycles. The van der Waals surface area contributed by atoms with Crippen LogP contribution >= 0.6 is 34.3 Å². The summed E-state index contributed by atoms with van der Waals surface area (Å²) >= 11 is 8.94. The fourth-order valence-corrected chi connectivity index (χ4v) is 4.94. The van der Waals surface area contributed by atoms with Gasteiger partial charge in [-0.2, -0.15) is 0 Å². The molecule has 1 N–H and O–H groups in total. The Labute approximate surface area is 148 Å². The Bertz CT molecular complexity index is 702. The molecule has 0 bridgehead atoms. The van der Waals surface area contributed by atoms with Crippen LogP contribution in [0.1, 0.15) is 36.2 Å². The zero-order valence-corrected chi connectivity index (χ0v) is 15.0. The number of carbonyl (C=O) groups is 1. The van der Waals surface area contributed by atoms with E-state index in [4.69, 9.17) is 11.6 Å². The molecule has 2 aromatic heterocycles. The van der Waals surface area contributed by atoms with E-state index in [9.17, 15) is 4.79 Å². The predicted octanol–water partition coefficient (Wildman–Crippen LogP) is 3.88. The number of thiophene rings is 1. The molecule has 0 spiro atoms. The molecular formula is C16H18ClN3OS2. The molecule has 2 aliphatic rings. The van der Waals surface area contributed by atoms with Crippen molar-refractivity contribution in [1.82, 2.24) is 15.2 Å². The van der Waals surface area contributed by atoms with Crippen molar-refractivity contribution in [2.24, 2.45) is 0 Å². The summed E-state index contributed by atoms with van der Waals surface area (Å²) in [5.74, 6) is -0.0555. The molecule has 2 aromatic rings. The Hall–Kier alpha value is -0.950. The smallest absolute Gasteiger partial charge is 0.270 e. The lowest BCUT2D eigenvalue weighted by Crippen LogP contribution is -2.45. The first-order valence-electron chi connectivity index (χ1n) is 7.95. The maximum atomic E-state index is 12.4. The molecule has 0 unspecified atom stereocenters. The van der Waals surface area contributed by atoms with Gasteiger partial charge in [-0.25, -0.2) is 4.98 Å². The number of nitrogens with zero attached hydrogens (tertiary/aromatic N) is 2. The van der Waals surface area contributed by atoms with Crippen LogP contribution in [-0.2, 0) is 0 Å². The van der Waals surface area contributed by atoms with Crippen LogP contribution in [0, 0.1) is 0 Å². The molecule has 4 rings (SSSR count). The van der Waals surface area contributed by atoms with E-state index in [1.165, 1.54) is 35.5 Å². The van der Waals surface area contributed by atoms with Crippen molar-refractivity contribution in [2.45, 2.75) is 37.8 Å². The molecule has 0 aromatic carbocycles. The maximum absolute atomic E-state index is 12.4. The van der Waals surface area contributed by atoms with E-state index in [1.54, 1.807) is 0 Å². The number of hydrogen-bond donors (Lipinski definition) is 1. The Balaban J connectivity index is 1.35. The summed E-state index contributed by atoms with van der Waals surface area (Å²) in [6.45, 7) is 2.21. The van der Waals surface area contributed by atoms with Gasteiger partial charge in [-0.3, -0.25) is 4.79 Å². The molecular weight excluding hydrogens is 350 g/mol. The minimum Gasteiger partial charge on any atom is -0.348 e. The van der Waals surface area contributed by atoms with Gasteiger partial charge in [0.2, 0.25) is 0 Å². The number of piperidine rings is 1. The molecule has 23 heavy (non-hydrogen) atoms. The van der Waals surface area contributed by atoms with E-state index in [1.807, 2.05) is 17.5 Å². The summed E-state index contributed by atoms with van der Waals surface area (Å²) in [5.41, 5.74) is 0.513. The normalized spacial score (nSPS) is 19.9. The molecule has 0 radical (unpaired) electrons. The molecule has 3 heterocycles. The van der Waals surface area contributed by atoms with E-state index in [2.05, 4.69) is 15.2 Å². The Morgan fingerprint density at radius 3 is 2.70 bits per heavy atom. The van der Waals surface area contributed by atoms with Gasteiger partial charge in [-0.05, 0) is 37.8 Å². The van der Waals surface area contributed by atoms with Gasteiger partial charge in [0.15, 0.2) is 0 Å². The lowest BCUT2D eigenvalue weighted by atomic mass is 10.0. The van der Waals surface area contributed by atoms with Crippen LogP contribution in [0.4, 0.5) is 0 Å². The van der Waals surface area contributed by atoms with Crippen molar-refractivity contribution in [3.8, 4) is 9.88 Å². The topological polar surface area (TPSA) is 45.2 Å². The second kappa shape index (κ2) is 6.51. The van der Waals surface area contributed by atoms with Crippen molar-refractivity contribution >= 4 is 40.2 Å². The van der Waals surface area contributed by atoms with E-state index >= 15 is 0 Å². The monoisotopic (exact) mass is 367 g/mol. The number of halogens is 1. The number of hydrogen-bond acceptors (Lipinski definition) is 5. The molecule has 2 fully saturated rings. The van der Waals surface area contributed by atoms with Crippen LogP contribution in [-0.4, -0.2) is 41.0 Å². The zero-order chi connectivity index (χ0) is 15.8. The van der Waals surface area contributed by atoms with E-state index in [0.717, 1.165) is 46.2 Å². The number of thiazole rings is 1. The fraction of sp³-hybridized carbons (Fsp3) is 0.500. The van der Waals surface area contributed by atoms with Crippen molar-refractivity contribution < 1.29 is 4.79 Å². The van der Waals surface area contributed by atoms with Crippen LogP contribution in [0.15, 0.2) is 17.5 Å². The SMILES string of the molecule is O=C(NC1CCN(C2CC2)CC1)c1csc(-c2ccc(Cl)s2)n1. The van der Waals surface area contributed by atoms with E-state index < -0.39 is 0 Å². The van der Waals surface area contributed by atoms with Gasteiger partial charge in [0, 0.05) is 30.6 Å². The standard InChI is InChI=1S/C16H18ClN3OS2/c17-14-4-3-13(23-14)16-19-12(9-22-16)15(21)18-10-5-7-20(8-6-10)11-1-2-11/h3-4,9-11H,1-2,5-8H2,(H,18,21). The molecule has 1 saturated carbocycles. The Kier molecular flexibility index (Phi) is 4.41. The van der Waals surface area contributed by atoms with Crippen LogP contribution < -0.4 is 5.32 Å². The van der Waals surface area contributed by atoms with Crippen LogP contribution in [0.3, 0.4) is 0 Å². The number of aromatic nitrogens is 1. The van der Waals surface area contributed by atoms with Gasteiger partial charge in [0.05, 0.1) is 9.21 Å². The lowest BCUT2D eigenvalue weighted by Gasteiger charge is -2.32. The molecule has 122 valence electrons. The zero-order valence-electron chi connectivity index (χ0n) is 12.6. The number of nitrogens with one attached hydrogen (secondary N) is 1. The van der Waals surface area contributed by atoms with Gasteiger partial charge < -0.3 is 10.2 Å². The third-order valence-electron chi connectivity index (χ3n) is 4.45. The van der Waals surface area contributed by atoms with Gasteiger partial charge in [0.25, 0.3) is 5.91 Å². The highest BCUT2D eigenvalue weighted by Gasteiger charge is 2.32. The highest BCUT2D eigenvalue weighted by Crippen LogP contribution is 2.33. The van der Waals surface area contributed by atoms with Gasteiger partial charge in [-0.15, -0.1) is 22.7 Å². The van der Waals surface area contributed by atoms with Gasteiger partial charge in [-0.1, -0.05) is 11.6 Å². The summed E-state index contributed by atoms with van der Waals surface area (Å²) in [6.07, 6.45) is 4.79. The van der Waals surface area contributed by atoms with Gasteiger partial charge in [0.1, 0.15) is 10.7 Å². The maximum Gasteiger partial charge on any atom is 0.270 e. The molecule has 1 amide bonds. The van der Waals surface area contributed by atoms with E-state index in [0.29, 0.717) is 5.69 Å². The minimum absolute atomic E-state index is 0.0555.